The van der Waals surface area contributed by atoms with Crippen molar-refractivity contribution in [3.05, 3.63) is 95.8 Å². The molecular weight excluding hydrogens is 426 g/mol. The minimum atomic E-state index is -0.140. The number of piperazine rings is 1. The lowest BCUT2D eigenvalue weighted by atomic mass is 10.2. The Morgan fingerprint density at radius 1 is 0.853 bits per heavy atom. The van der Waals surface area contributed by atoms with Crippen LogP contribution >= 0.6 is 0 Å². The van der Waals surface area contributed by atoms with Gasteiger partial charge in [-0.25, -0.2) is 4.98 Å². The van der Waals surface area contributed by atoms with Gasteiger partial charge in [-0.05, 0) is 42.5 Å². The van der Waals surface area contributed by atoms with Crippen molar-refractivity contribution in [2.24, 2.45) is 7.05 Å². The van der Waals surface area contributed by atoms with Crippen LogP contribution in [0.1, 0.15) is 26.5 Å². The van der Waals surface area contributed by atoms with Gasteiger partial charge < -0.3 is 14.8 Å². The van der Waals surface area contributed by atoms with Gasteiger partial charge in [-0.2, -0.15) is 0 Å². The second-order valence-electron chi connectivity index (χ2n) is 8.55. The smallest absolute Gasteiger partial charge is 0.255 e. The standard InChI is InChI=1S/C27H27N5O2/c1-30-24-13-12-22(28-26(33)20-8-4-2-5-9-20)18-23(24)29-25(30)19-31-14-16-32(17-15-31)27(34)21-10-6-3-7-11-21/h2-13,18H,14-17,19H2,1H3,(H,28,33). The molecule has 4 aromatic rings. The molecule has 0 unspecified atom stereocenters. The average molecular weight is 454 g/mol. The summed E-state index contributed by atoms with van der Waals surface area (Å²) >= 11 is 0. The van der Waals surface area contributed by atoms with E-state index in [4.69, 9.17) is 4.98 Å². The summed E-state index contributed by atoms with van der Waals surface area (Å²) in [6, 6.07) is 24.4. The predicted molar refractivity (Wildman–Crippen MR) is 133 cm³/mol. The molecule has 1 saturated heterocycles. The van der Waals surface area contributed by atoms with Gasteiger partial charge in [-0.1, -0.05) is 36.4 Å². The van der Waals surface area contributed by atoms with Gasteiger partial charge in [0, 0.05) is 50.0 Å². The van der Waals surface area contributed by atoms with Crippen molar-refractivity contribution in [1.82, 2.24) is 19.4 Å². The maximum Gasteiger partial charge on any atom is 0.255 e. The lowest BCUT2D eigenvalue weighted by Gasteiger charge is -2.34. The van der Waals surface area contributed by atoms with Gasteiger partial charge in [0.2, 0.25) is 0 Å². The molecular formula is C27H27N5O2. The van der Waals surface area contributed by atoms with Crippen LogP contribution in [0.25, 0.3) is 11.0 Å². The number of amides is 2. The Kier molecular flexibility index (Phi) is 6.10. The van der Waals surface area contributed by atoms with Crippen molar-refractivity contribution in [3.8, 4) is 0 Å². The zero-order valence-electron chi connectivity index (χ0n) is 19.1. The number of hydrogen-bond acceptors (Lipinski definition) is 4. The van der Waals surface area contributed by atoms with E-state index in [1.165, 1.54) is 0 Å². The summed E-state index contributed by atoms with van der Waals surface area (Å²) in [5.74, 6) is 0.913. The third kappa shape index (κ3) is 4.56. The van der Waals surface area contributed by atoms with E-state index < -0.39 is 0 Å². The quantitative estimate of drug-likeness (QED) is 0.499. The first-order valence-electron chi connectivity index (χ1n) is 11.5. The van der Waals surface area contributed by atoms with Crippen LogP contribution in [0.2, 0.25) is 0 Å². The van der Waals surface area contributed by atoms with Gasteiger partial charge in [0.15, 0.2) is 0 Å². The average Bonchev–Trinajstić information content (AvgIpc) is 3.19. The molecule has 1 aliphatic heterocycles. The molecule has 172 valence electrons. The van der Waals surface area contributed by atoms with Crippen LogP contribution in [-0.4, -0.2) is 57.3 Å². The second kappa shape index (κ2) is 9.49. The largest absolute Gasteiger partial charge is 0.336 e. The van der Waals surface area contributed by atoms with Crippen LogP contribution in [0.4, 0.5) is 5.69 Å². The fourth-order valence-corrected chi connectivity index (χ4v) is 4.33. The van der Waals surface area contributed by atoms with Crippen molar-refractivity contribution in [2.75, 3.05) is 31.5 Å². The third-order valence-electron chi connectivity index (χ3n) is 6.31. The zero-order valence-corrected chi connectivity index (χ0v) is 19.1. The Balaban J connectivity index is 1.23. The highest BCUT2D eigenvalue weighted by molar-refractivity contribution is 6.05. The predicted octanol–water partition coefficient (Wildman–Crippen LogP) is 3.78. The molecule has 2 amide bonds. The number of nitrogens with zero attached hydrogens (tertiary/aromatic N) is 4. The molecule has 7 heteroatoms. The summed E-state index contributed by atoms with van der Waals surface area (Å²) in [7, 11) is 2.02. The van der Waals surface area contributed by atoms with Crippen LogP contribution in [-0.2, 0) is 13.6 Å². The summed E-state index contributed by atoms with van der Waals surface area (Å²) in [6.07, 6.45) is 0. The van der Waals surface area contributed by atoms with Crippen LogP contribution in [0.3, 0.4) is 0 Å². The van der Waals surface area contributed by atoms with Crippen molar-refractivity contribution in [3.63, 3.8) is 0 Å². The molecule has 5 rings (SSSR count). The van der Waals surface area contributed by atoms with Crippen LogP contribution in [0.5, 0.6) is 0 Å². The van der Waals surface area contributed by atoms with Gasteiger partial charge >= 0.3 is 0 Å². The fraction of sp³-hybridized carbons (Fsp3) is 0.222. The molecule has 0 spiro atoms. The number of rotatable bonds is 5. The molecule has 3 aromatic carbocycles. The number of aromatic nitrogens is 2. The molecule has 0 radical (unpaired) electrons. The Morgan fingerprint density at radius 2 is 1.50 bits per heavy atom. The summed E-state index contributed by atoms with van der Waals surface area (Å²) in [6.45, 7) is 3.73. The maximum absolute atomic E-state index is 12.7. The first-order chi connectivity index (χ1) is 16.6. The van der Waals surface area contributed by atoms with E-state index in [9.17, 15) is 9.59 Å². The number of fused-ring (bicyclic) bond motifs is 1. The second-order valence-corrected chi connectivity index (χ2v) is 8.55. The SMILES string of the molecule is Cn1c(CN2CCN(C(=O)c3ccccc3)CC2)nc2cc(NC(=O)c3ccccc3)ccc21. The van der Waals surface area contributed by atoms with E-state index in [2.05, 4.69) is 14.8 Å². The lowest BCUT2D eigenvalue weighted by molar-refractivity contribution is 0.0624. The molecule has 2 heterocycles. The molecule has 0 aliphatic carbocycles. The van der Waals surface area contributed by atoms with E-state index in [-0.39, 0.29) is 11.8 Å². The maximum atomic E-state index is 12.7. The van der Waals surface area contributed by atoms with Gasteiger partial charge in [0.1, 0.15) is 5.82 Å². The Bertz CT molecular complexity index is 1310. The van der Waals surface area contributed by atoms with E-state index in [0.29, 0.717) is 25.2 Å². The number of aryl methyl sites for hydroxylation is 1. The van der Waals surface area contributed by atoms with E-state index in [1.807, 2.05) is 78.7 Å². The minimum Gasteiger partial charge on any atom is -0.336 e. The summed E-state index contributed by atoms with van der Waals surface area (Å²) in [5, 5.41) is 2.95. The van der Waals surface area contributed by atoms with Crippen molar-refractivity contribution < 1.29 is 9.59 Å². The molecule has 7 nitrogen and oxygen atoms in total. The van der Waals surface area contributed by atoms with Gasteiger partial charge in [0.25, 0.3) is 11.8 Å². The van der Waals surface area contributed by atoms with Crippen LogP contribution < -0.4 is 5.32 Å². The monoisotopic (exact) mass is 453 g/mol. The summed E-state index contributed by atoms with van der Waals surface area (Å²) < 4.78 is 2.10. The number of imidazole rings is 1. The number of anilines is 1. The molecule has 1 fully saturated rings. The van der Waals surface area contributed by atoms with E-state index >= 15 is 0 Å². The fourth-order valence-electron chi connectivity index (χ4n) is 4.33. The summed E-state index contributed by atoms with van der Waals surface area (Å²) in [5.41, 5.74) is 3.95. The van der Waals surface area contributed by atoms with E-state index in [1.54, 1.807) is 12.1 Å². The normalized spacial score (nSPS) is 14.3. The Morgan fingerprint density at radius 3 is 2.18 bits per heavy atom. The van der Waals surface area contributed by atoms with Gasteiger partial charge in [-0.3, -0.25) is 14.5 Å². The van der Waals surface area contributed by atoms with E-state index in [0.717, 1.165) is 41.2 Å². The molecule has 1 N–H and O–H groups in total. The number of carbonyl (C=O) groups excluding carboxylic acids is 2. The number of hydrogen-bond donors (Lipinski definition) is 1. The van der Waals surface area contributed by atoms with Crippen molar-refractivity contribution >= 4 is 28.5 Å². The Hall–Kier alpha value is -3.97. The Labute approximate surface area is 198 Å². The van der Waals surface area contributed by atoms with Gasteiger partial charge in [-0.15, -0.1) is 0 Å². The lowest BCUT2D eigenvalue weighted by Crippen LogP contribution is -2.48. The van der Waals surface area contributed by atoms with Gasteiger partial charge in [0.05, 0.1) is 17.6 Å². The first kappa shape index (κ1) is 21.9. The van der Waals surface area contributed by atoms with Crippen molar-refractivity contribution in [2.45, 2.75) is 6.54 Å². The first-order valence-corrected chi connectivity index (χ1v) is 11.5. The number of carbonyl (C=O) groups is 2. The zero-order chi connectivity index (χ0) is 23.5. The topological polar surface area (TPSA) is 70.5 Å². The highest BCUT2D eigenvalue weighted by atomic mass is 16.2. The highest BCUT2D eigenvalue weighted by Gasteiger charge is 2.23. The van der Waals surface area contributed by atoms with Crippen LogP contribution in [0.15, 0.2) is 78.9 Å². The number of nitrogens with one attached hydrogen (secondary N) is 1. The molecule has 1 aromatic heterocycles. The number of benzene rings is 3. The molecule has 0 bridgehead atoms. The molecule has 34 heavy (non-hydrogen) atoms. The minimum absolute atomic E-state index is 0.0908. The summed E-state index contributed by atoms with van der Waals surface area (Å²) in [4.78, 5) is 34.3. The highest BCUT2D eigenvalue weighted by Crippen LogP contribution is 2.21. The molecule has 0 saturated carbocycles. The van der Waals surface area contributed by atoms with Crippen LogP contribution in [0, 0.1) is 0 Å². The third-order valence-corrected chi connectivity index (χ3v) is 6.31. The molecule has 1 aliphatic rings. The molecule has 0 atom stereocenters. The van der Waals surface area contributed by atoms with Crippen molar-refractivity contribution in [1.29, 1.82) is 0 Å².